The van der Waals surface area contributed by atoms with Crippen LogP contribution in [-0.4, -0.2) is 56.2 Å². The lowest BCUT2D eigenvalue weighted by Gasteiger charge is -2.69. The highest BCUT2D eigenvalue weighted by atomic mass is 16.7. The van der Waals surface area contributed by atoms with Crippen molar-refractivity contribution in [3.63, 3.8) is 0 Å². The fourth-order valence-corrected chi connectivity index (χ4v) is 12.1. The molecule has 0 amide bonds. The number of carbonyl (C=O) groups excluding carboxylic acids is 3. The number of rotatable bonds is 4. The number of nitriles is 1. The Hall–Kier alpha value is -2.70. The first-order chi connectivity index (χ1) is 23.3. The van der Waals surface area contributed by atoms with Crippen LogP contribution in [0.5, 0.6) is 0 Å². The Balaban J connectivity index is 1.33. The smallest absolute Gasteiger partial charge is 0.314 e. The van der Waals surface area contributed by atoms with Gasteiger partial charge in [-0.05, 0) is 90.8 Å². The molecule has 276 valence electrons. The number of allylic oxidation sites excluding steroid dienone is 3. The van der Waals surface area contributed by atoms with Gasteiger partial charge in [0.2, 0.25) is 6.29 Å². The van der Waals surface area contributed by atoms with Gasteiger partial charge in [-0.2, -0.15) is 5.26 Å². The highest BCUT2D eigenvalue weighted by molar-refractivity contribution is 5.78. The van der Waals surface area contributed by atoms with Gasteiger partial charge in [0.15, 0.2) is 6.10 Å². The Labute approximate surface area is 298 Å². The van der Waals surface area contributed by atoms with Crippen LogP contribution in [0.15, 0.2) is 23.3 Å². The maximum absolute atomic E-state index is 14.7. The number of nitrogens with zero attached hydrogens (tertiary/aromatic N) is 1. The Morgan fingerprint density at radius 1 is 0.880 bits per heavy atom. The van der Waals surface area contributed by atoms with Gasteiger partial charge in [0.1, 0.15) is 6.10 Å². The SMILES string of the molecule is CC(=O)O[C@H]1CO[C@@H](OC(=O)[C@]23CCC(C)(C)CC2C2CC=C4[C@@]5(C)/C=C(/C#N)COCC(C)(C)C5CC[C@@]4(C)[C@]2(C)CC3)C[C@H]1OC(C)=O. The van der Waals surface area contributed by atoms with E-state index < -0.39 is 35.9 Å². The molecule has 0 N–H and O–H groups in total. The molecule has 1 saturated heterocycles. The summed E-state index contributed by atoms with van der Waals surface area (Å²) >= 11 is 0. The van der Waals surface area contributed by atoms with Crippen LogP contribution >= 0.6 is 0 Å². The van der Waals surface area contributed by atoms with E-state index in [1.807, 2.05) is 0 Å². The van der Waals surface area contributed by atoms with Crippen LogP contribution in [0.2, 0.25) is 0 Å². The number of ether oxygens (including phenoxy) is 5. The minimum absolute atomic E-state index is 0.0176. The summed E-state index contributed by atoms with van der Waals surface area (Å²) in [5.74, 6) is -0.427. The number of carbonyl (C=O) groups is 3. The average molecular weight is 694 g/mol. The van der Waals surface area contributed by atoms with Crippen molar-refractivity contribution >= 4 is 17.9 Å². The summed E-state index contributed by atoms with van der Waals surface area (Å²) in [7, 11) is 0. The van der Waals surface area contributed by atoms with Gasteiger partial charge in [-0.1, -0.05) is 66.2 Å². The molecule has 2 heterocycles. The summed E-state index contributed by atoms with van der Waals surface area (Å²) < 4.78 is 29.2. The second kappa shape index (κ2) is 12.8. The second-order valence-electron chi connectivity index (χ2n) is 18.7. The quantitative estimate of drug-likeness (QED) is 0.166. The third-order valence-corrected chi connectivity index (χ3v) is 14.7. The summed E-state index contributed by atoms with van der Waals surface area (Å²) in [6.45, 7) is 20.3. The van der Waals surface area contributed by atoms with E-state index in [1.165, 1.54) is 19.4 Å². The number of fused-ring (bicyclic) bond motifs is 7. The first-order valence-electron chi connectivity index (χ1n) is 18.9. The van der Waals surface area contributed by atoms with E-state index in [1.54, 1.807) is 0 Å². The molecule has 0 aromatic rings. The number of hydrogen-bond acceptors (Lipinski definition) is 9. The van der Waals surface area contributed by atoms with E-state index in [-0.39, 0.29) is 57.9 Å². The zero-order valence-electron chi connectivity index (χ0n) is 31.8. The molecule has 0 radical (unpaired) electrons. The molecule has 0 aromatic carbocycles. The van der Waals surface area contributed by atoms with Gasteiger partial charge in [0.25, 0.3) is 0 Å². The largest absolute Gasteiger partial charge is 0.458 e. The summed E-state index contributed by atoms with van der Waals surface area (Å²) in [5, 5.41) is 10.1. The van der Waals surface area contributed by atoms with Crippen molar-refractivity contribution < 1.29 is 38.1 Å². The number of hydrogen-bond donors (Lipinski definition) is 0. The summed E-state index contributed by atoms with van der Waals surface area (Å²) in [5.41, 5.74) is 1.19. The molecular formula is C41H59NO8. The zero-order chi connectivity index (χ0) is 36.5. The Bertz CT molecular complexity index is 1510. The third-order valence-electron chi connectivity index (χ3n) is 14.7. The molecule has 3 unspecified atom stereocenters. The molecule has 0 bridgehead atoms. The maximum atomic E-state index is 14.7. The molecule has 9 heteroatoms. The molecule has 0 spiro atoms. The predicted octanol–water partition coefficient (Wildman–Crippen LogP) is 7.63. The van der Waals surface area contributed by atoms with Crippen molar-refractivity contribution in [2.45, 2.75) is 139 Å². The molecular weight excluding hydrogens is 634 g/mol. The van der Waals surface area contributed by atoms with E-state index in [4.69, 9.17) is 23.7 Å². The molecule has 4 fully saturated rings. The van der Waals surface area contributed by atoms with Gasteiger partial charge < -0.3 is 23.7 Å². The highest BCUT2D eigenvalue weighted by Crippen LogP contribution is 2.74. The van der Waals surface area contributed by atoms with Crippen molar-refractivity contribution in [1.29, 1.82) is 5.26 Å². The molecule has 0 aromatic heterocycles. The minimum Gasteiger partial charge on any atom is -0.458 e. The van der Waals surface area contributed by atoms with Crippen LogP contribution < -0.4 is 0 Å². The minimum atomic E-state index is -0.893. The van der Waals surface area contributed by atoms with Gasteiger partial charge in [-0.3, -0.25) is 14.4 Å². The van der Waals surface area contributed by atoms with Crippen LogP contribution in [-0.2, 0) is 38.1 Å². The van der Waals surface area contributed by atoms with Crippen molar-refractivity contribution in [3.05, 3.63) is 23.3 Å². The molecule has 9 nitrogen and oxygen atoms in total. The van der Waals surface area contributed by atoms with E-state index in [9.17, 15) is 19.6 Å². The lowest BCUT2D eigenvalue weighted by molar-refractivity contribution is -0.244. The van der Waals surface area contributed by atoms with Crippen LogP contribution in [0.1, 0.15) is 120 Å². The van der Waals surface area contributed by atoms with Gasteiger partial charge in [-0.25, -0.2) is 0 Å². The fraction of sp³-hybridized carbons (Fsp3) is 0.805. The fourth-order valence-electron chi connectivity index (χ4n) is 12.1. The van der Waals surface area contributed by atoms with E-state index >= 15 is 0 Å². The molecule has 3 saturated carbocycles. The zero-order valence-corrected chi connectivity index (χ0v) is 31.8. The molecule has 6 rings (SSSR count). The van der Waals surface area contributed by atoms with Crippen LogP contribution in [0.25, 0.3) is 0 Å². The highest BCUT2D eigenvalue weighted by Gasteiger charge is 2.68. The standard InChI is InChI=1S/C41H59NO8/c1-25(43)48-30-18-34(47-23-31(30)49-26(2)44)50-35(45)41-16-14-36(3,4)20-29(41)28-10-11-33-38(7)19-27(21-42)22-46-24-37(5,6)32(38)12-13-40(33,9)39(28,8)15-17-41/h11,19,28-32,34H,10,12-18,20,22-24H2,1-9H3/b27-19-/t28?,29?,30-,31+,32?,34+,38+,39-,40-,41+/m1/s1. The van der Waals surface area contributed by atoms with Gasteiger partial charge in [0, 0.05) is 19.3 Å². The summed E-state index contributed by atoms with van der Waals surface area (Å²) in [4.78, 5) is 38.3. The number of esters is 3. The van der Waals surface area contributed by atoms with E-state index in [0.717, 1.165) is 51.4 Å². The molecule has 50 heavy (non-hydrogen) atoms. The summed E-state index contributed by atoms with van der Waals surface area (Å²) in [6.07, 6.45) is 9.81. The Morgan fingerprint density at radius 2 is 1.56 bits per heavy atom. The molecule has 2 aliphatic heterocycles. The molecule has 6 aliphatic rings. The van der Waals surface area contributed by atoms with Crippen molar-refractivity contribution in [3.8, 4) is 6.07 Å². The first kappa shape index (κ1) is 37.1. The third kappa shape index (κ3) is 6.04. The molecule has 4 aliphatic carbocycles. The topological polar surface area (TPSA) is 121 Å². The maximum Gasteiger partial charge on any atom is 0.314 e. The Kier molecular flexibility index (Phi) is 9.46. The second-order valence-corrected chi connectivity index (χ2v) is 18.7. The monoisotopic (exact) mass is 693 g/mol. The lowest BCUT2D eigenvalue weighted by atomic mass is 9.35. The van der Waals surface area contributed by atoms with Gasteiger partial charge in [-0.15, -0.1) is 0 Å². The van der Waals surface area contributed by atoms with Crippen LogP contribution in [0.4, 0.5) is 0 Å². The average Bonchev–Trinajstić information content (AvgIpc) is 3.00. The van der Waals surface area contributed by atoms with E-state index in [2.05, 4.69) is 66.7 Å². The first-order valence-corrected chi connectivity index (χ1v) is 18.9. The lowest BCUT2D eigenvalue weighted by Crippen LogP contribution is -2.63. The van der Waals surface area contributed by atoms with Crippen LogP contribution in [0.3, 0.4) is 0 Å². The summed E-state index contributed by atoms with van der Waals surface area (Å²) in [6, 6.07) is 2.45. The predicted molar refractivity (Wildman–Crippen MR) is 186 cm³/mol. The van der Waals surface area contributed by atoms with Crippen molar-refractivity contribution in [2.24, 2.45) is 50.2 Å². The van der Waals surface area contributed by atoms with Crippen LogP contribution in [0, 0.1) is 61.6 Å². The molecule has 10 atom stereocenters. The van der Waals surface area contributed by atoms with Crippen molar-refractivity contribution in [1.82, 2.24) is 0 Å². The van der Waals surface area contributed by atoms with Crippen molar-refractivity contribution in [2.75, 3.05) is 19.8 Å². The Morgan fingerprint density at radius 3 is 2.24 bits per heavy atom. The van der Waals surface area contributed by atoms with E-state index in [0.29, 0.717) is 24.7 Å². The van der Waals surface area contributed by atoms with Gasteiger partial charge in [0.05, 0.1) is 43.3 Å². The van der Waals surface area contributed by atoms with Gasteiger partial charge >= 0.3 is 17.9 Å². The normalized spacial score (nSPS) is 44.3.